The Hall–Kier alpha value is -2.05. The van der Waals surface area contributed by atoms with E-state index in [1.165, 1.54) is 35.0 Å². The predicted octanol–water partition coefficient (Wildman–Crippen LogP) is 2.83. The summed E-state index contributed by atoms with van der Waals surface area (Å²) in [7, 11) is 3.83. The van der Waals surface area contributed by atoms with Crippen molar-refractivity contribution in [2.45, 2.75) is 44.1 Å². The average Bonchev–Trinajstić information content (AvgIpc) is 3.52. The van der Waals surface area contributed by atoms with Gasteiger partial charge in [0.05, 0.1) is 25.3 Å². The topological polar surface area (TPSA) is 57.9 Å². The van der Waals surface area contributed by atoms with Crippen molar-refractivity contribution in [3.8, 4) is 5.75 Å². The van der Waals surface area contributed by atoms with Gasteiger partial charge in [0.15, 0.2) is 0 Å². The maximum atomic E-state index is 12.0. The molecule has 0 bridgehead atoms. The van der Waals surface area contributed by atoms with Gasteiger partial charge in [-0.15, -0.1) is 0 Å². The average molecular weight is 412 g/mol. The summed E-state index contributed by atoms with van der Waals surface area (Å²) in [6.07, 6.45) is 4.56. The van der Waals surface area contributed by atoms with Gasteiger partial charge in [-0.25, -0.2) is 0 Å². The van der Waals surface area contributed by atoms with Crippen LogP contribution >= 0.6 is 0 Å². The third kappa shape index (κ3) is 3.04. The van der Waals surface area contributed by atoms with Crippen LogP contribution in [0.5, 0.6) is 5.75 Å². The van der Waals surface area contributed by atoms with Crippen molar-refractivity contribution in [3.63, 3.8) is 0 Å². The van der Waals surface area contributed by atoms with Crippen LogP contribution in [0, 0.1) is 5.92 Å². The first-order valence-electron chi connectivity index (χ1n) is 11.2. The maximum absolute atomic E-state index is 12.0. The number of piperidine rings is 1. The molecule has 30 heavy (non-hydrogen) atoms. The highest BCUT2D eigenvalue weighted by molar-refractivity contribution is 5.88. The molecule has 162 valence electrons. The SMILES string of the molecule is COc1ccc2c3c(n(C)c2c1)[C@H](CO)N(CC1CC1)CC31CCN(C(C)=O)CC1. The molecule has 5 rings (SSSR count). The Morgan fingerprint density at radius 1 is 1.27 bits per heavy atom. The van der Waals surface area contributed by atoms with E-state index in [1.807, 2.05) is 11.0 Å². The van der Waals surface area contributed by atoms with Gasteiger partial charge in [0, 0.05) is 62.7 Å². The number of nitrogens with zero attached hydrogens (tertiary/aromatic N) is 3. The molecule has 1 aliphatic carbocycles. The molecule has 0 radical (unpaired) electrons. The van der Waals surface area contributed by atoms with Gasteiger partial charge in [-0.3, -0.25) is 9.69 Å². The molecule has 1 saturated heterocycles. The molecule has 2 fully saturated rings. The van der Waals surface area contributed by atoms with Crippen LogP contribution in [-0.4, -0.2) is 65.3 Å². The lowest BCUT2D eigenvalue weighted by Crippen LogP contribution is -2.55. The summed E-state index contributed by atoms with van der Waals surface area (Å²) < 4.78 is 7.79. The third-order valence-corrected chi connectivity index (χ3v) is 7.77. The molecule has 1 spiro atoms. The summed E-state index contributed by atoms with van der Waals surface area (Å²) in [4.78, 5) is 16.5. The van der Waals surface area contributed by atoms with Crippen molar-refractivity contribution < 1.29 is 14.6 Å². The van der Waals surface area contributed by atoms with E-state index in [0.717, 1.165) is 50.7 Å². The second kappa shape index (κ2) is 7.27. The fourth-order valence-corrected chi connectivity index (χ4v) is 5.94. The summed E-state index contributed by atoms with van der Waals surface area (Å²) in [5, 5.41) is 11.7. The number of hydrogen-bond donors (Lipinski definition) is 1. The van der Waals surface area contributed by atoms with Gasteiger partial charge in [-0.05, 0) is 49.3 Å². The molecule has 2 aromatic rings. The maximum Gasteiger partial charge on any atom is 0.219 e. The zero-order valence-electron chi connectivity index (χ0n) is 18.4. The lowest BCUT2D eigenvalue weighted by molar-refractivity contribution is -0.130. The Bertz CT molecular complexity index is 970. The highest BCUT2D eigenvalue weighted by atomic mass is 16.5. The lowest BCUT2D eigenvalue weighted by Gasteiger charge is -2.50. The number of aliphatic hydroxyl groups is 1. The number of aliphatic hydroxyl groups excluding tert-OH is 1. The molecule has 1 atom stereocenters. The van der Waals surface area contributed by atoms with Crippen molar-refractivity contribution in [2.75, 3.05) is 39.9 Å². The molecular weight excluding hydrogens is 378 g/mol. The first kappa shape index (κ1) is 19.9. The number of carbonyl (C=O) groups excluding carboxylic acids is 1. The van der Waals surface area contributed by atoms with Crippen LogP contribution < -0.4 is 4.74 Å². The Morgan fingerprint density at radius 2 is 2.00 bits per heavy atom. The van der Waals surface area contributed by atoms with E-state index in [9.17, 15) is 9.90 Å². The summed E-state index contributed by atoms with van der Waals surface area (Å²) in [5.74, 6) is 1.80. The Kier molecular flexibility index (Phi) is 4.82. The minimum Gasteiger partial charge on any atom is -0.497 e. The minimum absolute atomic E-state index is 0.0238. The van der Waals surface area contributed by atoms with Crippen LogP contribution in [0.2, 0.25) is 0 Å². The Labute approximate surface area is 178 Å². The number of amides is 1. The Balaban J connectivity index is 1.67. The normalized spacial score (nSPS) is 23.7. The molecule has 1 amide bonds. The third-order valence-electron chi connectivity index (χ3n) is 7.77. The lowest BCUT2D eigenvalue weighted by atomic mass is 9.68. The molecule has 3 aliphatic rings. The second-order valence-corrected chi connectivity index (χ2v) is 9.56. The molecule has 1 aromatic carbocycles. The van der Waals surface area contributed by atoms with Gasteiger partial charge in [-0.2, -0.15) is 0 Å². The number of aromatic nitrogens is 1. The van der Waals surface area contributed by atoms with Gasteiger partial charge < -0.3 is 19.3 Å². The number of ether oxygens (including phenoxy) is 1. The Morgan fingerprint density at radius 3 is 2.60 bits per heavy atom. The monoisotopic (exact) mass is 411 g/mol. The van der Waals surface area contributed by atoms with Crippen LogP contribution in [0.15, 0.2) is 18.2 Å². The second-order valence-electron chi connectivity index (χ2n) is 9.56. The molecule has 6 heteroatoms. The number of hydrogen-bond acceptors (Lipinski definition) is 4. The number of fused-ring (bicyclic) bond motifs is 4. The molecule has 1 N–H and O–H groups in total. The van der Waals surface area contributed by atoms with Crippen LogP contribution in [-0.2, 0) is 17.3 Å². The zero-order valence-corrected chi connectivity index (χ0v) is 18.4. The van der Waals surface area contributed by atoms with Gasteiger partial charge >= 0.3 is 0 Å². The molecule has 2 aliphatic heterocycles. The van der Waals surface area contributed by atoms with E-state index < -0.39 is 0 Å². The molecular formula is C24H33N3O3. The van der Waals surface area contributed by atoms with Crippen LogP contribution in [0.1, 0.15) is 49.9 Å². The summed E-state index contributed by atoms with van der Waals surface area (Å²) in [6.45, 7) is 5.46. The molecule has 3 heterocycles. The molecule has 1 aromatic heterocycles. The number of benzene rings is 1. The number of aryl methyl sites for hydroxylation is 1. The number of likely N-dealkylation sites (tertiary alicyclic amines) is 1. The van der Waals surface area contributed by atoms with E-state index in [1.54, 1.807) is 14.0 Å². The number of carbonyl (C=O) groups is 1. The number of rotatable bonds is 4. The smallest absolute Gasteiger partial charge is 0.219 e. The summed E-state index contributed by atoms with van der Waals surface area (Å²) in [5.41, 5.74) is 3.84. The van der Waals surface area contributed by atoms with Gasteiger partial charge in [0.2, 0.25) is 5.91 Å². The van der Waals surface area contributed by atoms with Crippen molar-refractivity contribution in [3.05, 3.63) is 29.5 Å². The van der Waals surface area contributed by atoms with Crippen molar-refractivity contribution in [2.24, 2.45) is 13.0 Å². The highest BCUT2D eigenvalue weighted by Crippen LogP contribution is 2.50. The van der Waals surface area contributed by atoms with E-state index >= 15 is 0 Å². The summed E-state index contributed by atoms with van der Waals surface area (Å²) in [6, 6.07) is 6.38. The van der Waals surface area contributed by atoms with E-state index in [-0.39, 0.29) is 24.0 Å². The summed E-state index contributed by atoms with van der Waals surface area (Å²) >= 11 is 0. The predicted molar refractivity (Wildman–Crippen MR) is 117 cm³/mol. The standard InChI is InChI=1S/C24H33N3O3/c1-16(29)26-10-8-24(9-11-26)15-27(13-17-4-5-17)21(14-28)23-22(24)19-7-6-18(30-3)12-20(19)25(23)2/h6-7,12,17,21,28H,4-5,8-11,13-15H2,1-3H3/t21-/m0/s1. The van der Waals surface area contributed by atoms with Crippen molar-refractivity contribution in [1.82, 2.24) is 14.4 Å². The van der Waals surface area contributed by atoms with Crippen molar-refractivity contribution >= 4 is 16.8 Å². The largest absolute Gasteiger partial charge is 0.497 e. The fourth-order valence-electron chi connectivity index (χ4n) is 5.94. The van der Waals surface area contributed by atoms with Crippen LogP contribution in [0.4, 0.5) is 0 Å². The van der Waals surface area contributed by atoms with Crippen LogP contribution in [0.25, 0.3) is 10.9 Å². The highest BCUT2D eigenvalue weighted by Gasteiger charge is 2.49. The van der Waals surface area contributed by atoms with E-state index in [2.05, 4.69) is 28.6 Å². The molecule has 1 saturated carbocycles. The van der Waals surface area contributed by atoms with Gasteiger partial charge in [0.25, 0.3) is 0 Å². The van der Waals surface area contributed by atoms with Gasteiger partial charge in [-0.1, -0.05) is 0 Å². The zero-order chi connectivity index (χ0) is 21.0. The molecule has 6 nitrogen and oxygen atoms in total. The van der Waals surface area contributed by atoms with E-state index in [4.69, 9.17) is 4.74 Å². The first-order chi connectivity index (χ1) is 14.5. The minimum atomic E-state index is 0.0238. The van der Waals surface area contributed by atoms with Gasteiger partial charge in [0.1, 0.15) is 5.75 Å². The fraction of sp³-hybridized carbons (Fsp3) is 0.625. The first-order valence-corrected chi connectivity index (χ1v) is 11.2. The quantitative estimate of drug-likeness (QED) is 0.841. The number of methoxy groups -OCH3 is 1. The molecule has 0 unspecified atom stereocenters. The van der Waals surface area contributed by atoms with Crippen LogP contribution in [0.3, 0.4) is 0 Å². The van der Waals surface area contributed by atoms with Crippen molar-refractivity contribution in [1.29, 1.82) is 0 Å². The van der Waals surface area contributed by atoms with E-state index in [0.29, 0.717) is 0 Å².